The summed E-state index contributed by atoms with van der Waals surface area (Å²) in [6.07, 6.45) is 0.451. The SMILES string of the molecule is CC(C)CC(C)(O)CNS(=O)(=O)c1ccc(F)cc1Cl. The molecule has 0 aromatic heterocycles. The fraction of sp³-hybridized carbons (Fsp3) is 0.538. The van der Waals surface area contributed by atoms with Gasteiger partial charge in [0.05, 0.1) is 10.6 Å². The number of hydrogen-bond acceptors (Lipinski definition) is 3. The van der Waals surface area contributed by atoms with E-state index in [4.69, 9.17) is 11.6 Å². The molecule has 0 heterocycles. The Morgan fingerprint density at radius 1 is 1.45 bits per heavy atom. The first-order chi connectivity index (χ1) is 9.03. The van der Waals surface area contributed by atoms with E-state index in [0.29, 0.717) is 6.42 Å². The van der Waals surface area contributed by atoms with Gasteiger partial charge in [-0.15, -0.1) is 0 Å². The van der Waals surface area contributed by atoms with Crippen molar-refractivity contribution in [3.8, 4) is 0 Å². The largest absolute Gasteiger partial charge is 0.389 e. The van der Waals surface area contributed by atoms with E-state index in [1.165, 1.54) is 0 Å². The summed E-state index contributed by atoms with van der Waals surface area (Å²) < 4.78 is 39.3. The predicted octanol–water partition coefficient (Wildman–Crippen LogP) is 2.55. The van der Waals surface area contributed by atoms with Crippen LogP contribution in [0.5, 0.6) is 0 Å². The Hall–Kier alpha value is -0.690. The van der Waals surface area contributed by atoms with Crippen molar-refractivity contribution >= 4 is 21.6 Å². The van der Waals surface area contributed by atoms with Gasteiger partial charge in [-0.2, -0.15) is 0 Å². The number of rotatable bonds is 6. The molecule has 2 N–H and O–H groups in total. The molecule has 0 aliphatic heterocycles. The second-order valence-electron chi connectivity index (χ2n) is 5.49. The van der Waals surface area contributed by atoms with E-state index in [1.807, 2.05) is 13.8 Å². The van der Waals surface area contributed by atoms with Gasteiger partial charge in [0.15, 0.2) is 0 Å². The first-order valence-electron chi connectivity index (χ1n) is 6.20. The zero-order valence-electron chi connectivity index (χ0n) is 11.7. The average Bonchev–Trinajstić information content (AvgIpc) is 2.24. The van der Waals surface area contributed by atoms with Gasteiger partial charge >= 0.3 is 0 Å². The monoisotopic (exact) mass is 323 g/mol. The molecule has 7 heteroatoms. The lowest BCUT2D eigenvalue weighted by atomic mass is 9.95. The maximum Gasteiger partial charge on any atom is 0.242 e. The summed E-state index contributed by atoms with van der Waals surface area (Å²) in [5, 5.41) is 9.90. The number of hydrogen-bond donors (Lipinski definition) is 2. The van der Waals surface area contributed by atoms with Crippen molar-refractivity contribution in [1.82, 2.24) is 4.72 Å². The molecule has 0 fully saturated rings. The number of nitrogens with one attached hydrogen (secondary N) is 1. The van der Waals surface area contributed by atoms with Crippen LogP contribution in [0.25, 0.3) is 0 Å². The van der Waals surface area contributed by atoms with Gasteiger partial charge in [-0.3, -0.25) is 0 Å². The van der Waals surface area contributed by atoms with E-state index >= 15 is 0 Å². The molecule has 1 atom stereocenters. The maximum absolute atomic E-state index is 12.9. The minimum absolute atomic E-state index is 0.138. The predicted molar refractivity (Wildman–Crippen MR) is 76.7 cm³/mol. The van der Waals surface area contributed by atoms with E-state index in [0.717, 1.165) is 18.2 Å². The van der Waals surface area contributed by atoms with Crippen LogP contribution in [0.4, 0.5) is 4.39 Å². The Labute approximate surface area is 124 Å². The van der Waals surface area contributed by atoms with Crippen LogP contribution in [0.2, 0.25) is 5.02 Å². The van der Waals surface area contributed by atoms with Gasteiger partial charge in [0, 0.05) is 6.54 Å². The molecule has 0 bridgehead atoms. The zero-order valence-corrected chi connectivity index (χ0v) is 13.2. The maximum atomic E-state index is 12.9. The first-order valence-corrected chi connectivity index (χ1v) is 8.07. The third-order valence-corrected chi connectivity index (χ3v) is 4.56. The van der Waals surface area contributed by atoms with E-state index in [9.17, 15) is 17.9 Å². The summed E-state index contributed by atoms with van der Waals surface area (Å²) in [6.45, 7) is 5.28. The second-order valence-corrected chi connectivity index (χ2v) is 7.64. The molecule has 114 valence electrons. The van der Waals surface area contributed by atoms with Gasteiger partial charge in [0.2, 0.25) is 10.0 Å². The third-order valence-electron chi connectivity index (χ3n) is 2.67. The molecule has 1 aromatic rings. The highest BCUT2D eigenvalue weighted by molar-refractivity contribution is 7.89. The van der Waals surface area contributed by atoms with E-state index in [-0.39, 0.29) is 22.4 Å². The van der Waals surface area contributed by atoms with Crippen LogP contribution in [0.15, 0.2) is 23.1 Å². The van der Waals surface area contributed by atoms with E-state index in [2.05, 4.69) is 4.72 Å². The molecule has 0 aliphatic carbocycles. The van der Waals surface area contributed by atoms with Crippen LogP contribution in [0.1, 0.15) is 27.2 Å². The number of benzene rings is 1. The fourth-order valence-corrected chi connectivity index (χ4v) is 3.66. The summed E-state index contributed by atoms with van der Waals surface area (Å²) in [7, 11) is -3.89. The van der Waals surface area contributed by atoms with Gasteiger partial charge in [0.25, 0.3) is 0 Å². The third kappa shape index (κ3) is 5.01. The average molecular weight is 324 g/mol. The van der Waals surface area contributed by atoms with Crippen molar-refractivity contribution in [3.63, 3.8) is 0 Å². The van der Waals surface area contributed by atoms with Crippen molar-refractivity contribution in [2.24, 2.45) is 5.92 Å². The number of sulfonamides is 1. The van der Waals surface area contributed by atoms with Crippen LogP contribution in [0.3, 0.4) is 0 Å². The summed E-state index contributed by atoms with van der Waals surface area (Å²) in [5.74, 6) is -0.385. The van der Waals surface area contributed by atoms with Crippen molar-refractivity contribution in [1.29, 1.82) is 0 Å². The first kappa shape index (κ1) is 17.4. The zero-order chi connectivity index (χ0) is 15.6. The fourth-order valence-electron chi connectivity index (χ4n) is 1.97. The number of halogens is 2. The van der Waals surface area contributed by atoms with Crippen LogP contribution >= 0.6 is 11.6 Å². The Balaban J connectivity index is 2.85. The van der Waals surface area contributed by atoms with E-state index in [1.54, 1.807) is 6.92 Å². The molecule has 0 radical (unpaired) electrons. The Morgan fingerprint density at radius 2 is 2.05 bits per heavy atom. The Bertz CT molecular complexity index is 573. The molecular formula is C13H19ClFNO3S. The highest BCUT2D eigenvalue weighted by Crippen LogP contribution is 2.23. The summed E-state index contributed by atoms with van der Waals surface area (Å²) in [6, 6.07) is 3.05. The van der Waals surface area contributed by atoms with Crippen molar-refractivity contribution in [3.05, 3.63) is 29.0 Å². The standard InChI is InChI=1S/C13H19ClFNO3S/c1-9(2)7-13(3,17)8-16-20(18,19)12-5-4-10(15)6-11(12)14/h4-6,9,16-17H,7-8H2,1-3H3. The van der Waals surface area contributed by atoms with Crippen LogP contribution in [0, 0.1) is 11.7 Å². The van der Waals surface area contributed by atoms with Crippen molar-refractivity contribution in [2.75, 3.05) is 6.54 Å². The summed E-state index contributed by atoms with van der Waals surface area (Å²) >= 11 is 5.73. The van der Waals surface area contributed by atoms with E-state index < -0.39 is 21.4 Å². The molecule has 0 saturated carbocycles. The highest BCUT2D eigenvalue weighted by atomic mass is 35.5. The molecule has 1 rings (SSSR count). The summed E-state index contributed by atoms with van der Waals surface area (Å²) in [5.41, 5.74) is -1.16. The minimum Gasteiger partial charge on any atom is -0.389 e. The topological polar surface area (TPSA) is 66.4 Å². The van der Waals surface area contributed by atoms with Crippen LogP contribution in [-0.2, 0) is 10.0 Å². The molecule has 0 saturated heterocycles. The molecule has 0 spiro atoms. The molecule has 4 nitrogen and oxygen atoms in total. The van der Waals surface area contributed by atoms with Gasteiger partial charge in [0.1, 0.15) is 10.7 Å². The number of aliphatic hydroxyl groups is 1. The minimum atomic E-state index is -3.89. The Kier molecular flexibility index (Phi) is 5.54. The molecule has 1 unspecified atom stereocenters. The van der Waals surface area contributed by atoms with Gasteiger partial charge in [-0.25, -0.2) is 17.5 Å². The van der Waals surface area contributed by atoms with Crippen molar-refractivity contribution in [2.45, 2.75) is 37.7 Å². The van der Waals surface area contributed by atoms with Crippen LogP contribution < -0.4 is 4.72 Å². The molecular weight excluding hydrogens is 305 g/mol. The van der Waals surface area contributed by atoms with Gasteiger partial charge in [-0.1, -0.05) is 25.4 Å². The van der Waals surface area contributed by atoms with Gasteiger partial charge < -0.3 is 5.11 Å². The highest BCUT2D eigenvalue weighted by Gasteiger charge is 2.26. The van der Waals surface area contributed by atoms with Crippen molar-refractivity contribution < 1.29 is 17.9 Å². The molecule has 0 aliphatic rings. The molecule has 1 aromatic carbocycles. The summed E-state index contributed by atoms with van der Waals surface area (Å²) in [4.78, 5) is -0.207. The molecule has 20 heavy (non-hydrogen) atoms. The Morgan fingerprint density at radius 3 is 2.55 bits per heavy atom. The smallest absolute Gasteiger partial charge is 0.242 e. The second kappa shape index (κ2) is 6.39. The van der Waals surface area contributed by atoms with Crippen LogP contribution in [-0.4, -0.2) is 25.7 Å². The lowest BCUT2D eigenvalue weighted by Crippen LogP contribution is -2.41. The quantitative estimate of drug-likeness (QED) is 0.845. The van der Waals surface area contributed by atoms with Gasteiger partial charge in [-0.05, 0) is 37.5 Å². The normalized spacial score (nSPS) is 15.3. The lowest BCUT2D eigenvalue weighted by Gasteiger charge is -2.25. The lowest BCUT2D eigenvalue weighted by molar-refractivity contribution is 0.0437. The molecule has 0 amide bonds.